The van der Waals surface area contributed by atoms with Crippen molar-refractivity contribution in [2.75, 3.05) is 12.4 Å². The fraction of sp³-hybridized carbons (Fsp3) is 0.158. The number of aromatic nitrogens is 1. The van der Waals surface area contributed by atoms with Gasteiger partial charge in [-0.3, -0.25) is 4.79 Å². The van der Waals surface area contributed by atoms with E-state index in [1.54, 1.807) is 37.4 Å². The molecule has 0 radical (unpaired) electrons. The Kier molecular flexibility index (Phi) is 6.21. The number of amides is 1. The maximum absolute atomic E-state index is 12.4. The van der Waals surface area contributed by atoms with Gasteiger partial charge in [-0.05, 0) is 42.5 Å². The quantitative estimate of drug-likeness (QED) is 0.641. The number of carbonyl (C=O) groups is 1. The summed E-state index contributed by atoms with van der Waals surface area (Å²) >= 11 is 13.5. The molecule has 0 saturated heterocycles. The summed E-state index contributed by atoms with van der Waals surface area (Å²) in [5.74, 6) is 0.426. The van der Waals surface area contributed by atoms with Crippen molar-refractivity contribution in [3.63, 3.8) is 0 Å². The van der Waals surface area contributed by atoms with E-state index < -0.39 is 0 Å². The number of methoxy groups -OCH3 is 1. The second-order valence-corrected chi connectivity index (χ2v) is 7.41. The van der Waals surface area contributed by atoms with Crippen LogP contribution in [-0.2, 0) is 18.3 Å². The lowest BCUT2D eigenvalue weighted by molar-refractivity contribution is -0.115. The SMILES string of the molecule is COc1ccc(NC(=O)Cc2csc(=Nc3ccc(Cl)cc3)n2C)cc1Cl. The Morgan fingerprint density at radius 2 is 1.96 bits per heavy atom. The number of rotatable bonds is 5. The number of halogens is 2. The second kappa shape index (κ2) is 8.61. The molecule has 8 heteroatoms. The molecule has 0 bridgehead atoms. The van der Waals surface area contributed by atoms with E-state index in [9.17, 15) is 4.79 Å². The summed E-state index contributed by atoms with van der Waals surface area (Å²) < 4.78 is 7.01. The lowest BCUT2D eigenvalue weighted by Crippen LogP contribution is -2.19. The molecule has 0 aliphatic carbocycles. The van der Waals surface area contributed by atoms with Gasteiger partial charge in [0.15, 0.2) is 4.80 Å². The topological polar surface area (TPSA) is 55.6 Å². The van der Waals surface area contributed by atoms with Gasteiger partial charge in [0.25, 0.3) is 0 Å². The highest BCUT2D eigenvalue weighted by molar-refractivity contribution is 7.07. The minimum atomic E-state index is -0.136. The first-order chi connectivity index (χ1) is 13.0. The van der Waals surface area contributed by atoms with Gasteiger partial charge in [0.1, 0.15) is 5.75 Å². The van der Waals surface area contributed by atoms with Crippen LogP contribution >= 0.6 is 34.5 Å². The second-order valence-electron chi connectivity index (χ2n) is 5.73. The number of hydrogen-bond acceptors (Lipinski definition) is 4. The highest BCUT2D eigenvalue weighted by Gasteiger charge is 2.10. The third kappa shape index (κ3) is 4.91. The average molecular weight is 422 g/mol. The molecule has 5 nitrogen and oxygen atoms in total. The minimum absolute atomic E-state index is 0.136. The van der Waals surface area contributed by atoms with Crippen LogP contribution in [-0.4, -0.2) is 17.6 Å². The van der Waals surface area contributed by atoms with Gasteiger partial charge in [0.2, 0.25) is 5.91 Å². The number of thiazole rings is 1. The van der Waals surface area contributed by atoms with Gasteiger partial charge in [-0.2, -0.15) is 0 Å². The van der Waals surface area contributed by atoms with E-state index in [1.807, 2.05) is 29.1 Å². The Labute approximate surface area is 170 Å². The molecule has 140 valence electrons. The summed E-state index contributed by atoms with van der Waals surface area (Å²) in [6.45, 7) is 0. The van der Waals surface area contributed by atoms with Gasteiger partial charge in [-0.15, -0.1) is 11.3 Å². The molecular formula is C19H17Cl2N3O2S. The number of anilines is 1. The van der Waals surface area contributed by atoms with Crippen LogP contribution in [0.2, 0.25) is 10.0 Å². The normalized spacial score (nSPS) is 11.5. The van der Waals surface area contributed by atoms with Crippen LogP contribution in [0.5, 0.6) is 5.75 Å². The van der Waals surface area contributed by atoms with Crippen molar-refractivity contribution in [2.45, 2.75) is 6.42 Å². The molecule has 0 unspecified atom stereocenters. The van der Waals surface area contributed by atoms with Crippen molar-refractivity contribution >= 4 is 51.8 Å². The first kappa shape index (κ1) is 19.5. The molecule has 0 atom stereocenters. The zero-order chi connectivity index (χ0) is 19.4. The van der Waals surface area contributed by atoms with Gasteiger partial charge in [-0.25, -0.2) is 4.99 Å². The van der Waals surface area contributed by atoms with Crippen LogP contribution in [0, 0.1) is 0 Å². The Bertz CT molecular complexity index is 1030. The lowest BCUT2D eigenvalue weighted by Gasteiger charge is -2.08. The molecule has 0 fully saturated rings. The van der Waals surface area contributed by atoms with Crippen LogP contribution < -0.4 is 14.9 Å². The fourth-order valence-corrected chi connectivity index (χ4v) is 3.70. The van der Waals surface area contributed by atoms with Gasteiger partial charge >= 0.3 is 0 Å². The van der Waals surface area contributed by atoms with Crippen LogP contribution in [0.4, 0.5) is 11.4 Å². The van der Waals surface area contributed by atoms with E-state index in [-0.39, 0.29) is 12.3 Å². The molecule has 0 aliphatic heterocycles. The van der Waals surface area contributed by atoms with Gasteiger partial charge in [0.05, 0.1) is 24.2 Å². The molecule has 27 heavy (non-hydrogen) atoms. The Morgan fingerprint density at radius 1 is 1.22 bits per heavy atom. The van der Waals surface area contributed by atoms with Gasteiger partial charge < -0.3 is 14.6 Å². The number of carbonyl (C=O) groups excluding carboxylic acids is 1. The van der Waals surface area contributed by atoms with Crippen molar-refractivity contribution in [3.05, 3.63) is 68.4 Å². The maximum atomic E-state index is 12.4. The molecule has 1 N–H and O–H groups in total. The Morgan fingerprint density at radius 3 is 2.63 bits per heavy atom. The van der Waals surface area contributed by atoms with E-state index in [0.717, 1.165) is 16.2 Å². The van der Waals surface area contributed by atoms with Crippen molar-refractivity contribution in [1.82, 2.24) is 4.57 Å². The standard InChI is InChI=1S/C19H17Cl2N3O2S/c1-24-15(11-27-19(24)23-13-5-3-12(20)4-6-13)10-18(25)22-14-7-8-17(26-2)16(21)9-14/h3-9,11H,10H2,1-2H3,(H,22,25). The highest BCUT2D eigenvalue weighted by Crippen LogP contribution is 2.27. The predicted molar refractivity (Wildman–Crippen MR) is 110 cm³/mol. The van der Waals surface area contributed by atoms with E-state index >= 15 is 0 Å². The molecule has 3 aromatic rings. The summed E-state index contributed by atoms with van der Waals surface area (Å²) in [6.07, 6.45) is 0.229. The summed E-state index contributed by atoms with van der Waals surface area (Å²) in [4.78, 5) is 17.7. The number of hydrogen-bond donors (Lipinski definition) is 1. The summed E-state index contributed by atoms with van der Waals surface area (Å²) in [5, 5.41) is 5.88. The molecule has 0 spiro atoms. The van der Waals surface area contributed by atoms with Crippen LogP contribution in [0.3, 0.4) is 0 Å². The minimum Gasteiger partial charge on any atom is -0.495 e. The smallest absolute Gasteiger partial charge is 0.230 e. The summed E-state index contributed by atoms with van der Waals surface area (Å²) in [7, 11) is 3.43. The molecule has 1 heterocycles. The van der Waals surface area contributed by atoms with Crippen molar-refractivity contribution in [2.24, 2.45) is 12.0 Å². The third-order valence-electron chi connectivity index (χ3n) is 3.85. The molecule has 0 aliphatic rings. The van der Waals surface area contributed by atoms with Crippen LogP contribution in [0.15, 0.2) is 52.8 Å². The van der Waals surface area contributed by atoms with Crippen LogP contribution in [0.25, 0.3) is 0 Å². The van der Waals surface area contributed by atoms with E-state index in [0.29, 0.717) is 21.5 Å². The molecule has 0 saturated carbocycles. The van der Waals surface area contributed by atoms with E-state index in [4.69, 9.17) is 27.9 Å². The first-order valence-electron chi connectivity index (χ1n) is 8.03. The monoisotopic (exact) mass is 421 g/mol. The van der Waals surface area contributed by atoms with Gasteiger partial charge in [0, 0.05) is 28.8 Å². The first-order valence-corrected chi connectivity index (χ1v) is 9.67. The number of ether oxygens (including phenoxy) is 1. The number of benzene rings is 2. The predicted octanol–water partition coefficient (Wildman–Crippen LogP) is 4.82. The summed E-state index contributed by atoms with van der Waals surface area (Å²) in [5.41, 5.74) is 2.29. The van der Waals surface area contributed by atoms with Crippen molar-refractivity contribution < 1.29 is 9.53 Å². The highest BCUT2D eigenvalue weighted by atomic mass is 35.5. The molecular weight excluding hydrogens is 405 g/mol. The molecule has 1 amide bonds. The van der Waals surface area contributed by atoms with E-state index in [2.05, 4.69) is 10.3 Å². The zero-order valence-corrected chi connectivity index (χ0v) is 17.0. The van der Waals surface area contributed by atoms with Crippen molar-refractivity contribution in [1.29, 1.82) is 0 Å². The Hall–Kier alpha value is -2.28. The molecule has 1 aromatic heterocycles. The van der Waals surface area contributed by atoms with Crippen molar-refractivity contribution in [3.8, 4) is 5.75 Å². The largest absolute Gasteiger partial charge is 0.495 e. The average Bonchev–Trinajstić information content (AvgIpc) is 2.97. The lowest BCUT2D eigenvalue weighted by atomic mass is 10.2. The summed E-state index contributed by atoms with van der Waals surface area (Å²) in [6, 6.07) is 12.4. The third-order valence-corrected chi connectivity index (χ3v) is 5.36. The van der Waals surface area contributed by atoms with Gasteiger partial charge in [-0.1, -0.05) is 23.2 Å². The zero-order valence-electron chi connectivity index (χ0n) is 14.7. The fourth-order valence-electron chi connectivity index (χ4n) is 2.40. The maximum Gasteiger partial charge on any atom is 0.230 e. The van der Waals surface area contributed by atoms with Crippen LogP contribution in [0.1, 0.15) is 5.69 Å². The Balaban J connectivity index is 1.72. The molecule has 2 aromatic carbocycles. The van der Waals surface area contributed by atoms with E-state index in [1.165, 1.54) is 11.3 Å². The number of nitrogens with one attached hydrogen (secondary N) is 1. The molecule has 3 rings (SSSR count). The number of nitrogens with zero attached hydrogens (tertiary/aromatic N) is 2.